The van der Waals surface area contributed by atoms with Crippen LogP contribution in [0.5, 0.6) is 0 Å². The molecule has 1 aromatic heterocycles. The van der Waals surface area contributed by atoms with Gasteiger partial charge in [0.05, 0.1) is 12.4 Å². The van der Waals surface area contributed by atoms with Crippen molar-refractivity contribution in [1.29, 1.82) is 0 Å². The number of hydrogen-bond donors (Lipinski definition) is 7. The molecule has 1 saturated heterocycles. The van der Waals surface area contributed by atoms with Crippen molar-refractivity contribution in [2.45, 2.75) is 62.7 Å². The fraction of sp³-hybridized carbons (Fsp3) is 0.619. The van der Waals surface area contributed by atoms with Gasteiger partial charge in [-0.25, -0.2) is 9.78 Å². The quantitative estimate of drug-likeness (QED) is 0.150. The van der Waals surface area contributed by atoms with Crippen LogP contribution in [0.25, 0.3) is 0 Å². The number of carboxylic acid groups (broad SMARTS) is 2. The number of imidazole rings is 1. The molecule has 1 aromatic rings. The molecule has 0 radical (unpaired) electrons. The Balaban J connectivity index is 2.10. The van der Waals surface area contributed by atoms with Gasteiger partial charge in [-0.1, -0.05) is 0 Å². The first-order valence-corrected chi connectivity index (χ1v) is 12.7. The number of aromatic nitrogens is 2. The van der Waals surface area contributed by atoms with Gasteiger partial charge in [0.2, 0.25) is 17.7 Å². The van der Waals surface area contributed by atoms with Crippen molar-refractivity contribution >= 4 is 41.4 Å². The molecule has 2 heterocycles. The molecule has 4 atom stereocenters. The maximum absolute atomic E-state index is 13.0. The van der Waals surface area contributed by atoms with Gasteiger partial charge in [0.15, 0.2) is 0 Å². The number of H-pyrrole nitrogens is 1. The molecule has 0 aliphatic carbocycles. The summed E-state index contributed by atoms with van der Waals surface area (Å²) in [7, 11) is 0. The average Bonchev–Trinajstić information content (AvgIpc) is 3.52. The predicted molar refractivity (Wildman–Crippen MR) is 127 cm³/mol. The molecule has 1 fully saturated rings. The van der Waals surface area contributed by atoms with Crippen LogP contribution >= 0.6 is 11.8 Å². The Labute approximate surface area is 206 Å². The minimum atomic E-state index is -1.33. The zero-order valence-electron chi connectivity index (χ0n) is 19.4. The summed E-state index contributed by atoms with van der Waals surface area (Å²) in [4.78, 5) is 67.8. The van der Waals surface area contributed by atoms with Gasteiger partial charge in [-0.2, -0.15) is 11.8 Å². The molecule has 0 saturated carbocycles. The number of carboxylic acids is 2. The van der Waals surface area contributed by atoms with Crippen molar-refractivity contribution in [2.75, 3.05) is 18.6 Å². The molecular formula is C21H32N6O7S. The summed E-state index contributed by atoms with van der Waals surface area (Å²) in [5, 5.41) is 29.2. The molecule has 1 aliphatic heterocycles. The lowest BCUT2D eigenvalue weighted by Crippen LogP contribution is -2.57. The highest BCUT2D eigenvalue weighted by atomic mass is 32.2. The van der Waals surface area contributed by atoms with E-state index in [1.54, 1.807) is 0 Å². The van der Waals surface area contributed by atoms with E-state index in [-0.39, 0.29) is 18.7 Å². The van der Waals surface area contributed by atoms with Gasteiger partial charge < -0.3 is 36.5 Å². The lowest BCUT2D eigenvalue weighted by Gasteiger charge is -2.25. The molecule has 0 bridgehead atoms. The van der Waals surface area contributed by atoms with Gasteiger partial charge in [0.1, 0.15) is 18.1 Å². The Morgan fingerprint density at radius 3 is 2.31 bits per heavy atom. The van der Waals surface area contributed by atoms with E-state index in [2.05, 4.69) is 31.2 Å². The van der Waals surface area contributed by atoms with Crippen molar-refractivity contribution in [2.24, 2.45) is 0 Å². The average molecular weight is 513 g/mol. The Morgan fingerprint density at radius 2 is 1.77 bits per heavy atom. The second-order valence-electron chi connectivity index (χ2n) is 8.17. The van der Waals surface area contributed by atoms with E-state index in [0.717, 1.165) is 6.42 Å². The molecule has 4 unspecified atom stereocenters. The lowest BCUT2D eigenvalue weighted by molar-refractivity contribution is -0.143. The second kappa shape index (κ2) is 14.3. The summed E-state index contributed by atoms with van der Waals surface area (Å²) < 4.78 is 0. The van der Waals surface area contributed by atoms with Gasteiger partial charge in [-0.15, -0.1) is 0 Å². The third kappa shape index (κ3) is 9.56. The normalized spacial score (nSPS) is 17.7. The van der Waals surface area contributed by atoms with Crippen molar-refractivity contribution in [3.05, 3.63) is 18.2 Å². The lowest BCUT2D eigenvalue weighted by atomic mass is 10.1. The summed E-state index contributed by atoms with van der Waals surface area (Å²) in [6, 6.07) is -3.96. The van der Waals surface area contributed by atoms with Crippen LogP contribution in [0.2, 0.25) is 0 Å². The second-order valence-corrected chi connectivity index (χ2v) is 9.15. The maximum Gasteiger partial charge on any atom is 0.326 e. The van der Waals surface area contributed by atoms with Gasteiger partial charge in [-0.05, 0) is 44.2 Å². The number of hydrogen-bond acceptors (Lipinski definition) is 8. The van der Waals surface area contributed by atoms with Crippen LogP contribution in [0.15, 0.2) is 12.5 Å². The molecule has 13 nitrogen and oxygen atoms in total. The van der Waals surface area contributed by atoms with Crippen LogP contribution in [0.1, 0.15) is 37.8 Å². The molecule has 35 heavy (non-hydrogen) atoms. The zero-order chi connectivity index (χ0) is 25.8. The van der Waals surface area contributed by atoms with E-state index < -0.39 is 54.3 Å². The van der Waals surface area contributed by atoms with E-state index in [9.17, 15) is 29.1 Å². The minimum Gasteiger partial charge on any atom is -0.481 e. The van der Waals surface area contributed by atoms with Gasteiger partial charge in [-0.3, -0.25) is 19.2 Å². The van der Waals surface area contributed by atoms with Crippen LogP contribution in [-0.4, -0.2) is 92.6 Å². The van der Waals surface area contributed by atoms with E-state index >= 15 is 0 Å². The predicted octanol–water partition coefficient (Wildman–Crippen LogP) is -1.14. The highest BCUT2D eigenvalue weighted by Gasteiger charge is 2.31. The number of aromatic amines is 1. The third-order valence-corrected chi connectivity index (χ3v) is 6.14. The fourth-order valence-electron chi connectivity index (χ4n) is 3.58. The van der Waals surface area contributed by atoms with Crippen LogP contribution in [0.4, 0.5) is 0 Å². The maximum atomic E-state index is 13.0. The first kappa shape index (κ1) is 28.1. The number of rotatable bonds is 15. The Hall–Kier alpha value is -3.13. The summed E-state index contributed by atoms with van der Waals surface area (Å²) in [5.41, 5.74) is 0.476. The molecular weight excluding hydrogens is 480 g/mol. The smallest absolute Gasteiger partial charge is 0.326 e. The molecule has 194 valence electrons. The number of carbonyl (C=O) groups excluding carboxylic acids is 3. The highest BCUT2D eigenvalue weighted by molar-refractivity contribution is 7.98. The summed E-state index contributed by atoms with van der Waals surface area (Å²) in [6.07, 6.45) is 5.68. The number of aliphatic carboxylic acids is 2. The largest absolute Gasteiger partial charge is 0.481 e. The number of amides is 3. The Bertz CT molecular complexity index is 876. The Kier molecular flexibility index (Phi) is 11.5. The zero-order valence-corrected chi connectivity index (χ0v) is 20.2. The molecule has 0 spiro atoms. The van der Waals surface area contributed by atoms with Crippen LogP contribution in [0.3, 0.4) is 0 Å². The topological polar surface area (TPSA) is 203 Å². The monoisotopic (exact) mass is 512 g/mol. The third-order valence-electron chi connectivity index (χ3n) is 5.49. The standard InChI is InChI=1S/C21H32N6O7S/c1-35-8-6-15(26-18(30)13-3-2-7-23-13)20(32)25-14(4-5-17(28)29)19(31)27-16(21(33)34)9-12-10-22-11-24-12/h10-11,13-16,23H,2-9H2,1H3,(H,22,24)(H,25,32)(H,26,30)(H,27,31)(H,28,29)(H,33,34). The fourth-order valence-corrected chi connectivity index (χ4v) is 4.05. The van der Waals surface area contributed by atoms with Crippen molar-refractivity contribution in [3.63, 3.8) is 0 Å². The molecule has 2 rings (SSSR count). The Morgan fingerprint density at radius 1 is 1.09 bits per heavy atom. The van der Waals surface area contributed by atoms with Crippen LogP contribution < -0.4 is 21.3 Å². The van der Waals surface area contributed by atoms with Crippen LogP contribution in [0, 0.1) is 0 Å². The number of nitrogens with zero attached hydrogens (tertiary/aromatic N) is 1. The van der Waals surface area contributed by atoms with Gasteiger partial charge >= 0.3 is 11.9 Å². The molecule has 3 amide bonds. The first-order chi connectivity index (χ1) is 16.7. The van der Waals surface area contributed by atoms with Crippen molar-refractivity contribution < 1.29 is 34.2 Å². The SMILES string of the molecule is CSCCC(NC(=O)C1CCCN1)C(=O)NC(CCC(=O)O)C(=O)NC(Cc1cnc[nH]1)C(=O)O. The number of nitrogens with one attached hydrogen (secondary N) is 5. The van der Waals surface area contributed by atoms with E-state index in [0.29, 0.717) is 30.8 Å². The summed E-state index contributed by atoms with van der Waals surface area (Å²) in [5.74, 6) is -3.71. The molecule has 1 aliphatic rings. The van der Waals surface area contributed by atoms with E-state index in [1.165, 1.54) is 24.3 Å². The van der Waals surface area contributed by atoms with Gasteiger partial charge in [0, 0.05) is 24.7 Å². The number of thioether (sulfide) groups is 1. The molecule has 14 heteroatoms. The number of carbonyl (C=O) groups is 5. The molecule has 7 N–H and O–H groups in total. The minimum absolute atomic E-state index is 0.0819. The van der Waals surface area contributed by atoms with Gasteiger partial charge in [0.25, 0.3) is 0 Å². The summed E-state index contributed by atoms with van der Waals surface area (Å²) >= 11 is 1.48. The van der Waals surface area contributed by atoms with E-state index in [1.807, 2.05) is 6.26 Å². The van der Waals surface area contributed by atoms with Crippen LogP contribution in [-0.2, 0) is 30.4 Å². The first-order valence-electron chi connectivity index (χ1n) is 11.3. The van der Waals surface area contributed by atoms with Crippen molar-refractivity contribution in [1.82, 2.24) is 31.2 Å². The molecule has 0 aromatic carbocycles. The summed E-state index contributed by atoms with van der Waals surface area (Å²) in [6.45, 7) is 0.709. The van der Waals surface area contributed by atoms with Crippen molar-refractivity contribution in [3.8, 4) is 0 Å². The highest BCUT2D eigenvalue weighted by Crippen LogP contribution is 2.09. The van der Waals surface area contributed by atoms with E-state index in [4.69, 9.17) is 5.11 Å².